The minimum absolute atomic E-state index is 0.220. The van der Waals surface area contributed by atoms with Crippen LogP contribution in [-0.4, -0.2) is 22.9 Å². The lowest BCUT2D eigenvalue weighted by Gasteiger charge is -2.08. The van der Waals surface area contributed by atoms with Crippen LogP contribution < -0.4 is 0 Å². The maximum atomic E-state index is 11.8. The number of carbonyl (C=O) groups excluding carboxylic acids is 1. The summed E-state index contributed by atoms with van der Waals surface area (Å²) in [5, 5.41) is 5.25. The summed E-state index contributed by atoms with van der Waals surface area (Å²) in [6.45, 7) is 0. The highest BCUT2D eigenvalue weighted by atomic mass is 35.5. The molecule has 6 heteroatoms. The van der Waals surface area contributed by atoms with E-state index in [9.17, 15) is 4.79 Å². The van der Waals surface area contributed by atoms with Gasteiger partial charge in [0.15, 0.2) is 5.69 Å². The molecule has 116 valence electrons. The standard InChI is InChI=1S/C17H12Cl2N2O2/c1-23-17(22)15-10-16(11-7-8-13(18)14(19)9-11)21(20-15)12-5-3-2-4-6-12/h2-10H,1H3. The van der Waals surface area contributed by atoms with Crippen LogP contribution in [-0.2, 0) is 4.74 Å². The second-order valence-electron chi connectivity index (χ2n) is 4.78. The topological polar surface area (TPSA) is 44.1 Å². The molecule has 0 saturated heterocycles. The number of hydrogen-bond acceptors (Lipinski definition) is 3. The molecule has 0 aliphatic heterocycles. The molecule has 1 heterocycles. The molecular formula is C17H12Cl2N2O2. The first-order valence-electron chi connectivity index (χ1n) is 6.79. The van der Waals surface area contributed by atoms with Crippen molar-refractivity contribution in [2.75, 3.05) is 7.11 Å². The number of halogens is 2. The number of methoxy groups -OCH3 is 1. The zero-order valence-electron chi connectivity index (χ0n) is 12.2. The molecule has 0 spiro atoms. The lowest BCUT2D eigenvalue weighted by Crippen LogP contribution is -2.04. The van der Waals surface area contributed by atoms with Crippen LogP contribution in [0.25, 0.3) is 16.9 Å². The molecule has 0 bridgehead atoms. The largest absolute Gasteiger partial charge is 0.464 e. The van der Waals surface area contributed by atoms with Crippen LogP contribution in [0.1, 0.15) is 10.5 Å². The Kier molecular flexibility index (Phi) is 4.37. The van der Waals surface area contributed by atoms with Crippen molar-refractivity contribution in [1.29, 1.82) is 0 Å². The Hall–Kier alpha value is -2.30. The average Bonchev–Trinajstić information content (AvgIpc) is 3.03. The first-order chi connectivity index (χ1) is 11.1. The number of esters is 1. The van der Waals surface area contributed by atoms with E-state index in [1.807, 2.05) is 36.4 Å². The van der Waals surface area contributed by atoms with Crippen molar-refractivity contribution in [3.63, 3.8) is 0 Å². The van der Waals surface area contributed by atoms with Gasteiger partial charge in [-0.3, -0.25) is 0 Å². The highest BCUT2D eigenvalue weighted by Gasteiger charge is 2.17. The number of benzene rings is 2. The zero-order valence-corrected chi connectivity index (χ0v) is 13.7. The molecule has 0 atom stereocenters. The Balaban J connectivity index is 2.19. The molecule has 0 aliphatic carbocycles. The normalized spacial score (nSPS) is 10.6. The molecule has 4 nitrogen and oxygen atoms in total. The smallest absolute Gasteiger partial charge is 0.358 e. The molecule has 0 N–H and O–H groups in total. The molecule has 1 aromatic heterocycles. The van der Waals surface area contributed by atoms with Gasteiger partial charge in [0, 0.05) is 5.56 Å². The second-order valence-corrected chi connectivity index (χ2v) is 5.60. The lowest BCUT2D eigenvalue weighted by atomic mass is 10.1. The van der Waals surface area contributed by atoms with Crippen molar-refractivity contribution >= 4 is 29.2 Å². The van der Waals surface area contributed by atoms with Gasteiger partial charge in [-0.2, -0.15) is 5.10 Å². The fourth-order valence-electron chi connectivity index (χ4n) is 2.21. The Bertz CT molecular complexity index is 860. The van der Waals surface area contributed by atoms with E-state index < -0.39 is 5.97 Å². The molecular weight excluding hydrogens is 335 g/mol. The van der Waals surface area contributed by atoms with Crippen molar-refractivity contribution in [2.45, 2.75) is 0 Å². The molecule has 23 heavy (non-hydrogen) atoms. The molecule has 0 amide bonds. The van der Waals surface area contributed by atoms with Crippen LogP contribution in [0.15, 0.2) is 54.6 Å². The number of ether oxygens (including phenoxy) is 1. The van der Waals surface area contributed by atoms with Crippen LogP contribution in [0.5, 0.6) is 0 Å². The molecule has 0 fully saturated rings. The maximum Gasteiger partial charge on any atom is 0.358 e. The third-order valence-electron chi connectivity index (χ3n) is 3.32. The minimum atomic E-state index is -0.499. The summed E-state index contributed by atoms with van der Waals surface area (Å²) in [7, 11) is 1.32. The van der Waals surface area contributed by atoms with Gasteiger partial charge in [-0.25, -0.2) is 9.48 Å². The highest BCUT2D eigenvalue weighted by molar-refractivity contribution is 6.42. The van der Waals surface area contributed by atoms with Crippen LogP contribution in [0.4, 0.5) is 0 Å². The van der Waals surface area contributed by atoms with E-state index in [-0.39, 0.29) is 5.69 Å². The van der Waals surface area contributed by atoms with Crippen LogP contribution in [0.2, 0.25) is 10.0 Å². The van der Waals surface area contributed by atoms with Crippen LogP contribution >= 0.6 is 23.2 Å². The lowest BCUT2D eigenvalue weighted by molar-refractivity contribution is 0.0593. The number of aromatic nitrogens is 2. The number of para-hydroxylation sites is 1. The van der Waals surface area contributed by atoms with Crippen molar-refractivity contribution < 1.29 is 9.53 Å². The Morgan fingerprint density at radius 3 is 2.43 bits per heavy atom. The predicted molar refractivity (Wildman–Crippen MR) is 90.4 cm³/mol. The third-order valence-corrected chi connectivity index (χ3v) is 4.06. The van der Waals surface area contributed by atoms with Crippen molar-refractivity contribution in [1.82, 2.24) is 9.78 Å². The van der Waals surface area contributed by atoms with Gasteiger partial charge in [-0.05, 0) is 30.3 Å². The van der Waals surface area contributed by atoms with E-state index >= 15 is 0 Å². The predicted octanol–water partition coefficient (Wildman–Crippen LogP) is 4.63. The third kappa shape index (κ3) is 3.09. The summed E-state index contributed by atoms with van der Waals surface area (Å²) in [4.78, 5) is 11.8. The maximum absolute atomic E-state index is 11.8. The van der Waals surface area contributed by atoms with Gasteiger partial charge in [0.1, 0.15) is 0 Å². The first kappa shape index (κ1) is 15.6. The SMILES string of the molecule is COC(=O)c1cc(-c2ccc(Cl)c(Cl)c2)n(-c2ccccc2)n1. The quantitative estimate of drug-likeness (QED) is 0.649. The minimum Gasteiger partial charge on any atom is -0.464 e. The van der Waals surface area contributed by atoms with Crippen molar-refractivity contribution in [3.05, 3.63) is 70.3 Å². The summed E-state index contributed by atoms with van der Waals surface area (Å²) in [5.41, 5.74) is 2.56. The van der Waals surface area contributed by atoms with E-state index in [0.29, 0.717) is 10.0 Å². The fourth-order valence-corrected chi connectivity index (χ4v) is 2.51. The van der Waals surface area contributed by atoms with Crippen molar-refractivity contribution in [2.24, 2.45) is 0 Å². The van der Waals surface area contributed by atoms with E-state index in [0.717, 1.165) is 16.9 Å². The van der Waals surface area contributed by atoms with Gasteiger partial charge in [0.25, 0.3) is 0 Å². The zero-order chi connectivity index (χ0) is 16.4. The van der Waals surface area contributed by atoms with E-state index in [2.05, 4.69) is 5.10 Å². The number of rotatable bonds is 3. The second kappa shape index (κ2) is 6.44. The molecule has 3 rings (SSSR count). The summed E-state index contributed by atoms with van der Waals surface area (Å²) in [5.74, 6) is -0.499. The number of carbonyl (C=O) groups is 1. The summed E-state index contributed by atoms with van der Waals surface area (Å²) < 4.78 is 6.43. The van der Waals surface area contributed by atoms with Crippen molar-refractivity contribution in [3.8, 4) is 16.9 Å². The fraction of sp³-hybridized carbons (Fsp3) is 0.0588. The van der Waals surface area contributed by atoms with Gasteiger partial charge in [-0.15, -0.1) is 0 Å². The summed E-state index contributed by atoms with van der Waals surface area (Å²) in [6, 6.07) is 16.4. The Morgan fingerprint density at radius 2 is 1.78 bits per heavy atom. The van der Waals surface area contributed by atoms with Crippen LogP contribution in [0, 0.1) is 0 Å². The Labute approximate surface area is 143 Å². The molecule has 0 radical (unpaired) electrons. The van der Waals surface area contributed by atoms with Gasteiger partial charge >= 0.3 is 5.97 Å². The summed E-state index contributed by atoms with van der Waals surface area (Å²) >= 11 is 12.1. The molecule has 0 aliphatic rings. The van der Waals surface area contributed by atoms with Gasteiger partial charge in [0.2, 0.25) is 0 Å². The highest BCUT2D eigenvalue weighted by Crippen LogP contribution is 2.30. The van der Waals surface area contributed by atoms with Gasteiger partial charge in [-0.1, -0.05) is 47.5 Å². The summed E-state index contributed by atoms with van der Waals surface area (Å²) in [6.07, 6.45) is 0. The van der Waals surface area contributed by atoms with Gasteiger partial charge in [0.05, 0.1) is 28.5 Å². The first-order valence-corrected chi connectivity index (χ1v) is 7.55. The molecule has 3 aromatic rings. The monoisotopic (exact) mass is 346 g/mol. The average molecular weight is 347 g/mol. The molecule has 0 saturated carbocycles. The van der Waals surface area contributed by atoms with Crippen LogP contribution in [0.3, 0.4) is 0 Å². The molecule has 0 unspecified atom stereocenters. The van der Waals surface area contributed by atoms with E-state index in [1.54, 1.807) is 22.9 Å². The Morgan fingerprint density at radius 1 is 1.04 bits per heavy atom. The molecule has 2 aromatic carbocycles. The number of hydrogen-bond donors (Lipinski definition) is 0. The van der Waals surface area contributed by atoms with E-state index in [1.165, 1.54) is 7.11 Å². The van der Waals surface area contributed by atoms with E-state index in [4.69, 9.17) is 27.9 Å². The number of nitrogens with zero attached hydrogens (tertiary/aromatic N) is 2. The van der Waals surface area contributed by atoms with Gasteiger partial charge < -0.3 is 4.74 Å².